The molecule has 20 heavy (non-hydrogen) atoms. The predicted octanol–water partition coefficient (Wildman–Crippen LogP) is 0.548. The molecule has 1 aromatic heterocycles. The average Bonchev–Trinajstić information content (AvgIpc) is 2.85. The van der Waals surface area contributed by atoms with Gasteiger partial charge in [0.2, 0.25) is 10.0 Å². The molecule has 2 heterocycles. The Labute approximate surface area is 115 Å². The van der Waals surface area contributed by atoms with Crippen molar-refractivity contribution in [3.63, 3.8) is 0 Å². The van der Waals surface area contributed by atoms with Gasteiger partial charge in [0, 0.05) is 24.5 Å². The van der Waals surface area contributed by atoms with E-state index in [2.05, 4.69) is 0 Å². The van der Waals surface area contributed by atoms with Crippen LogP contribution in [0, 0.1) is 0 Å². The van der Waals surface area contributed by atoms with E-state index in [-0.39, 0.29) is 11.4 Å². The molecule has 0 radical (unpaired) electrons. The number of rotatable bonds is 2. The smallest absolute Gasteiger partial charge is 0.336 e. The van der Waals surface area contributed by atoms with E-state index in [0.717, 1.165) is 0 Å². The molecule has 0 spiro atoms. The molecular weight excluding hydrogens is 282 g/mol. The maximum Gasteiger partial charge on any atom is 0.336 e. The Morgan fingerprint density at radius 3 is 2.75 bits per heavy atom. The number of aliphatic hydroxyl groups is 1. The van der Waals surface area contributed by atoms with Crippen LogP contribution >= 0.6 is 0 Å². The maximum atomic E-state index is 12.4. The average molecular weight is 295 g/mol. The van der Waals surface area contributed by atoms with Gasteiger partial charge >= 0.3 is 5.63 Å². The Bertz CT molecular complexity index is 811. The molecule has 0 saturated carbocycles. The van der Waals surface area contributed by atoms with Crippen molar-refractivity contribution in [2.75, 3.05) is 13.1 Å². The molecule has 1 atom stereocenters. The summed E-state index contributed by atoms with van der Waals surface area (Å²) in [6.07, 6.45) is -0.162. The van der Waals surface area contributed by atoms with Gasteiger partial charge in [0.15, 0.2) is 0 Å². The first-order valence-corrected chi connectivity index (χ1v) is 7.63. The van der Waals surface area contributed by atoms with Crippen LogP contribution in [0.5, 0.6) is 0 Å². The minimum absolute atomic E-state index is 0.115. The predicted molar refractivity (Wildman–Crippen MR) is 71.9 cm³/mol. The number of fused-ring (bicyclic) bond motifs is 1. The van der Waals surface area contributed by atoms with Crippen LogP contribution in [-0.2, 0) is 10.0 Å². The van der Waals surface area contributed by atoms with Gasteiger partial charge in [-0.05, 0) is 30.7 Å². The van der Waals surface area contributed by atoms with Gasteiger partial charge in [-0.3, -0.25) is 0 Å². The largest absolute Gasteiger partial charge is 0.423 e. The lowest BCUT2D eigenvalue weighted by molar-refractivity contribution is 0.189. The molecule has 1 aliphatic heterocycles. The van der Waals surface area contributed by atoms with E-state index in [4.69, 9.17) is 4.42 Å². The fraction of sp³-hybridized carbons (Fsp3) is 0.308. The number of sulfonamides is 1. The zero-order chi connectivity index (χ0) is 14.3. The number of nitrogens with zero attached hydrogens (tertiary/aromatic N) is 1. The first kappa shape index (κ1) is 13.3. The topological polar surface area (TPSA) is 87.8 Å². The summed E-state index contributed by atoms with van der Waals surface area (Å²) in [7, 11) is -3.62. The Balaban J connectivity index is 2.05. The summed E-state index contributed by atoms with van der Waals surface area (Å²) in [5.74, 6) is 0. The summed E-state index contributed by atoms with van der Waals surface area (Å²) in [6.45, 7) is 0.426. The van der Waals surface area contributed by atoms with Crippen molar-refractivity contribution >= 4 is 21.0 Å². The number of aliphatic hydroxyl groups excluding tert-OH is 1. The molecule has 1 saturated heterocycles. The van der Waals surface area contributed by atoms with Gasteiger partial charge in [-0.2, -0.15) is 4.31 Å². The van der Waals surface area contributed by atoms with Crippen LogP contribution in [0.4, 0.5) is 0 Å². The fourth-order valence-electron chi connectivity index (χ4n) is 2.29. The fourth-order valence-corrected chi connectivity index (χ4v) is 3.82. The highest BCUT2D eigenvalue weighted by Crippen LogP contribution is 2.24. The molecule has 1 fully saturated rings. The van der Waals surface area contributed by atoms with Gasteiger partial charge in [-0.15, -0.1) is 0 Å². The Morgan fingerprint density at radius 1 is 1.25 bits per heavy atom. The molecule has 1 aromatic carbocycles. The summed E-state index contributed by atoms with van der Waals surface area (Å²) in [5.41, 5.74) is -0.131. The summed E-state index contributed by atoms with van der Waals surface area (Å²) in [5, 5.41) is 10.0. The molecule has 7 heteroatoms. The van der Waals surface area contributed by atoms with Crippen molar-refractivity contribution in [1.82, 2.24) is 4.31 Å². The van der Waals surface area contributed by atoms with Crippen LogP contribution in [0.25, 0.3) is 11.0 Å². The monoisotopic (exact) mass is 295 g/mol. The van der Waals surface area contributed by atoms with E-state index in [1.807, 2.05) is 0 Å². The van der Waals surface area contributed by atoms with Gasteiger partial charge in [0.05, 0.1) is 11.0 Å². The first-order chi connectivity index (χ1) is 9.46. The Morgan fingerprint density at radius 2 is 2.05 bits per heavy atom. The third-order valence-corrected chi connectivity index (χ3v) is 5.22. The Kier molecular flexibility index (Phi) is 3.12. The molecule has 0 bridgehead atoms. The molecule has 3 rings (SSSR count). The molecule has 1 N–H and O–H groups in total. The lowest BCUT2D eigenvalue weighted by Gasteiger charge is -2.15. The highest BCUT2D eigenvalue weighted by atomic mass is 32.2. The minimum atomic E-state index is -3.62. The van der Waals surface area contributed by atoms with E-state index in [9.17, 15) is 18.3 Å². The summed E-state index contributed by atoms with van der Waals surface area (Å²) in [6, 6.07) is 7.12. The highest BCUT2D eigenvalue weighted by Gasteiger charge is 2.31. The quantitative estimate of drug-likeness (QED) is 0.817. The number of hydrogen-bond donors (Lipinski definition) is 1. The molecule has 0 unspecified atom stereocenters. The molecule has 2 aromatic rings. The maximum absolute atomic E-state index is 12.4. The van der Waals surface area contributed by atoms with Crippen molar-refractivity contribution in [1.29, 1.82) is 0 Å². The third-order valence-electron chi connectivity index (χ3n) is 3.35. The van der Waals surface area contributed by atoms with Crippen molar-refractivity contribution in [3.05, 3.63) is 40.8 Å². The Hall–Kier alpha value is -1.70. The lowest BCUT2D eigenvalue weighted by atomic mass is 10.2. The first-order valence-electron chi connectivity index (χ1n) is 6.19. The van der Waals surface area contributed by atoms with E-state index in [1.165, 1.54) is 34.6 Å². The zero-order valence-electron chi connectivity index (χ0n) is 10.5. The van der Waals surface area contributed by atoms with Crippen LogP contribution in [-0.4, -0.2) is 37.0 Å². The standard InChI is InChI=1S/C13H13NO5S/c15-10-5-6-14(8-10)20(17,18)11-2-3-12-9(7-11)1-4-13(16)19-12/h1-4,7,10,15H,5-6,8H2/t10-/m0/s1. The van der Waals surface area contributed by atoms with Crippen molar-refractivity contribution in [2.24, 2.45) is 0 Å². The van der Waals surface area contributed by atoms with Crippen LogP contribution in [0.2, 0.25) is 0 Å². The number of hydrogen-bond acceptors (Lipinski definition) is 5. The lowest BCUT2D eigenvalue weighted by Crippen LogP contribution is -2.29. The molecule has 0 amide bonds. The number of benzene rings is 1. The highest BCUT2D eigenvalue weighted by molar-refractivity contribution is 7.89. The van der Waals surface area contributed by atoms with Gasteiger partial charge in [0.25, 0.3) is 0 Å². The van der Waals surface area contributed by atoms with Crippen LogP contribution in [0.15, 0.2) is 44.4 Å². The SMILES string of the molecule is O=c1ccc2cc(S(=O)(=O)N3CC[C@H](O)C3)ccc2o1. The van der Waals surface area contributed by atoms with Gasteiger partial charge in [0.1, 0.15) is 5.58 Å². The van der Waals surface area contributed by atoms with Crippen molar-refractivity contribution in [3.8, 4) is 0 Å². The van der Waals surface area contributed by atoms with Gasteiger partial charge in [-0.1, -0.05) is 0 Å². The van der Waals surface area contributed by atoms with Crippen LogP contribution < -0.4 is 5.63 Å². The minimum Gasteiger partial charge on any atom is -0.423 e. The molecule has 6 nitrogen and oxygen atoms in total. The molecular formula is C13H13NO5S. The normalized spacial score (nSPS) is 20.6. The van der Waals surface area contributed by atoms with E-state index in [0.29, 0.717) is 23.9 Å². The van der Waals surface area contributed by atoms with Gasteiger partial charge in [-0.25, -0.2) is 13.2 Å². The van der Waals surface area contributed by atoms with Crippen molar-refractivity contribution < 1.29 is 17.9 Å². The molecule has 1 aliphatic rings. The summed E-state index contributed by atoms with van der Waals surface area (Å²) < 4.78 is 31.1. The van der Waals surface area contributed by atoms with E-state index >= 15 is 0 Å². The second kappa shape index (κ2) is 4.69. The third kappa shape index (κ3) is 2.24. The van der Waals surface area contributed by atoms with Gasteiger partial charge < -0.3 is 9.52 Å². The summed E-state index contributed by atoms with van der Waals surface area (Å²) >= 11 is 0. The summed E-state index contributed by atoms with van der Waals surface area (Å²) in [4.78, 5) is 11.2. The van der Waals surface area contributed by atoms with Crippen LogP contribution in [0.1, 0.15) is 6.42 Å². The zero-order valence-corrected chi connectivity index (χ0v) is 11.3. The number of β-amino-alcohol motifs (C(OH)–C–C–N with tert-alkyl or cyclic N) is 1. The van der Waals surface area contributed by atoms with E-state index in [1.54, 1.807) is 0 Å². The second-order valence-corrected chi connectivity index (χ2v) is 6.70. The van der Waals surface area contributed by atoms with Crippen molar-refractivity contribution in [2.45, 2.75) is 17.4 Å². The molecule has 0 aliphatic carbocycles. The van der Waals surface area contributed by atoms with Crippen LogP contribution in [0.3, 0.4) is 0 Å². The molecule has 106 valence electrons. The van der Waals surface area contributed by atoms with E-state index < -0.39 is 21.8 Å². The second-order valence-electron chi connectivity index (χ2n) is 4.76.